The second-order valence-electron chi connectivity index (χ2n) is 3.46. The zero-order valence-corrected chi connectivity index (χ0v) is 8.53. The van der Waals surface area contributed by atoms with Gasteiger partial charge in [0, 0.05) is 6.42 Å². The molecule has 0 aliphatic carbocycles. The zero-order chi connectivity index (χ0) is 10.8. The van der Waals surface area contributed by atoms with Crippen LogP contribution in [0, 0.1) is 0 Å². The third-order valence-corrected chi connectivity index (χ3v) is 2.51. The molecule has 0 aliphatic rings. The van der Waals surface area contributed by atoms with Gasteiger partial charge >= 0.3 is 0 Å². The summed E-state index contributed by atoms with van der Waals surface area (Å²) in [6, 6.07) is 11.0. The molecule has 76 valence electrons. The largest absolute Gasteiger partial charge is 0.507 e. The number of hydrogen-bond donors (Lipinski definition) is 1. The lowest BCUT2D eigenvalue weighted by molar-refractivity contribution is 0.0987. The number of phenolic OH excluding ortho intramolecular Hbond substituents is 1. The highest BCUT2D eigenvalue weighted by Crippen LogP contribution is 2.27. The Morgan fingerprint density at radius 3 is 2.67 bits per heavy atom. The Balaban J connectivity index is 2.79. The van der Waals surface area contributed by atoms with Gasteiger partial charge in [-0.05, 0) is 16.8 Å². The minimum Gasteiger partial charge on any atom is -0.507 e. The smallest absolute Gasteiger partial charge is 0.166 e. The van der Waals surface area contributed by atoms with Crippen molar-refractivity contribution < 1.29 is 9.90 Å². The third-order valence-electron chi connectivity index (χ3n) is 2.51. The van der Waals surface area contributed by atoms with Crippen LogP contribution in [-0.2, 0) is 0 Å². The Labute approximate surface area is 88.2 Å². The van der Waals surface area contributed by atoms with Crippen molar-refractivity contribution in [1.82, 2.24) is 0 Å². The van der Waals surface area contributed by atoms with Gasteiger partial charge in [0.2, 0.25) is 0 Å². The van der Waals surface area contributed by atoms with Crippen molar-refractivity contribution in [2.75, 3.05) is 0 Å². The summed E-state index contributed by atoms with van der Waals surface area (Å²) in [6.07, 6.45) is 0.404. The molecule has 2 heteroatoms. The molecule has 0 heterocycles. The molecule has 2 nitrogen and oxygen atoms in total. The van der Waals surface area contributed by atoms with Crippen molar-refractivity contribution in [2.24, 2.45) is 0 Å². The van der Waals surface area contributed by atoms with E-state index in [1.807, 2.05) is 30.3 Å². The van der Waals surface area contributed by atoms with Crippen LogP contribution in [0.5, 0.6) is 5.75 Å². The lowest BCUT2D eigenvalue weighted by atomic mass is 9.99. The molecule has 0 unspecified atom stereocenters. The van der Waals surface area contributed by atoms with E-state index in [1.165, 1.54) is 0 Å². The summed E-state index contributed by atoms with van der Waals surface area (Å²) >= 11 is 0. The van der Waals surface area contributed by atoms with E-state index in [2.05, 4.69) is 0 Å². The lowest BCUT2D eigenvalue weighted by Crippen LogP contribution is -1.98. The van der Waals surface area contributed by atoms with E-state index in [1.54, 1.807) is 13.0 Å². The Morgan fingerprint density at radius 2 is 1.93 bits per heavy atom. The summed E-state index contributed by atoms with van der Waals surface area (Å²) in [5.74, 6) is 0.0462. The molecule has 2 aromatic carbocycles. The van der Waals surface area contributed by atoms with Gasteiger partial charge in [0.05, 0.1) is 5.56 Å². The predicted octanol–water partition coefficient (Wildman–Crippen LogP) is 3.14. The van der Waals surface area contributed by atoms with Gasteiger partial charge in [0.15, 0.2) is 5.78 Å². The number of Topliss-reactive ketones (excluding diaryl/α,β-unsaturated/α-hetero) is 1. The molecule has 0 aliphatic heterocycles. The SMILES string of the molecule is CCC(=O)c1c(O)ccc2ccccc12. The summed E-state index contributed by atoms with van der Waals surface area (Å²) in [7, 11) is 0. The molecule has 1 N–H and O–H groups in total. The van der Waals surface area contributed by atoms with Gasteiger partial charge in [-0.25, -0.2) is 0 Å². The van der Waals surface area contributed by atoms with Gasteiger partial charge in [-0.2, -0.15) is 0 Å². The molecule has 0 saturated carbocycles. The molecule has 15 heavy (non-hydrogen) atoms. The Kier molecular flexibility index (Phi) is 2.42. The minimum atomic E-state index is -0.0238. The maximum absolute atomic E-state index is 11.7. The summed E-state index contributed by atoms with van der Waals surface area (Å²) in [5, 5.41) is 11.5. The van der Waals surface area contributed by atoms with E-state index in [0.29, 0.717) is 12.0 Å². The maximum Gasteiger partial charge on any atom is 0.166 e. The highest BCUT2D eigenvalue weighted by Gasteiger charge is 2.12. The van der Waals surface area contributed by atoms with E-state index in [-0.39, 0.29) is 11.5 Å². The molecule has 0 aromatic heterocycles. The highest BCUT2D eigenvalue weighted by atomic mass is 16.3. The van der Waals surface area contributed by atoms with E-state index in [0.717, 1.165) is 10.8 Å². The summed E-state index contributed by atoms with van der Waals surface area (Å²) in [6.45, 7) is 1.80. The lowest BCUT2D eigenvalue weighted by Gasteiger charge is -2.06. The molecule has 0 spiro atoms. The van der Waals surface area contributed by atoms with Gasteiger partial charge in [-0.1, -0.05) is 37.3 Å². The van der Waals surface area contributed by atoms with Crippen LogP contribution in [0.4, 0.5) is 0 Å². The van der Waals surface area contributed by atoms with E-state index in [9.17, 15) is 9.90 Å². The number of hydrogen-bond acceptors (Lipinski definition) is 2. The van der Waals surface area contributed by atoms with Crippen LogP contribution in [0.25, 0.3) is 10.8 Å². The first-order valence-corrected chi connectivity index (χ1v) is 4.98. The fraction of sp³-hybridized carbons (Fsp3) is 0.154. The predicted molar refractivity (Wildman–Crippen MR) is 60.2 cm³/mol. The van der Waals surface area contributed by atoms with Crippen LogP contribution in [-0.4, -0.2) is 10.9 Å². The molecular formula is C13H12O2. The fourth-order valence-electron chi connectivity index (χ4n) is 1.73. The van der Waals surface area contributed by atoms with Gasteiger partial charge in [0.25, 0.3) is 0 Å². The van der Waals surface area contributed by atoms with Gasteiger partial charge < -0.3 is 5.11 Å². The summed E-state index contributed by atoms with van der Waals surface area (Å²) in [4.78, 5) is 11.7. The van der Waals surface area contributed by atoms with Crippen molar-refractivity contribution >= 4 is 16.6 Å². The number of aromatic hydroxyl groups is 1. The van der Waals surface area contributed by atoms with Crippen LogP contribution in [0.15, 0.2) is 36.4 Å². The molecule has 2 rings (SSSR count). The quantitative estimate of drug-likeness (QED) is 0.756. The average Bonchev–Trinajstić information content (AvgIpc) is 2.28. The standard InChI is InChI=1S/C13H12O2/c1-2-11(14)13-10-6-4-3-5-9(10)7-8-12(13)15/h3-8,15H,2H2,1H3. The highest BCUT2D eigenvalue weighted by molar-refractivity contribution is 6.10. The monoisotopic (exact) mass is 200 g/mol. The Morgan fingerprint density at radius 1 is 1.20 bits per heavy atom. The molecule has 0 atom stereocenters. The number of phenols is 1. The first-order chi connectivity index (χ1) is 7.24. The summed E-state index contributed by atoms with van der Waals surface area (Å²) in [5.41, 5.74) is 0.440. The van der Waals surface area contributed by atoms with E-state index >= 15 is 0 Å². The third kappa shape index (κ3) is 1.59. The molecule has 2 aromatic rings. The van der Waals surface area contributed by atoms with Crippen LogP contribution >= 0.6 is 0 Å². The van der Waals surface area contributed by atoms with Gasteiger partial charge in [0.1, 0.15) is 5.75 Å². The average molecular weight is 200 g/mol. The number of rotatable bonds is 2. The molecule has 0 radical (unpaired) electrons. The first-order valence-electron chi connectivity index (χ1n) is 4.98. The van der Waals surface area contributed by atoms with Crippen LogP contribution in [0.2, 0.25) is 0 Å². The van der Waals surface area contributed by atoms with Crippen molar-refractivity contribution in [3.8, 4) is 5.75 Å². The van der Waals surface area contributed by atoms with Crippen molar-refractivity contribution in [1.29, 1.82) is 0 Å². The molecule has 0 amide bonds. The number of fused-ring (bicyclic) bond motifs is 1. The van der Waals surface area contributed by atoms with E-state index < -0.39 is 0 Å². The Hall–Kier alpha value is -1.83. The number of carbonyl (C=O) groups excluding carboxylic acids is 1. The number of carbonyl (C=O) groups is 1. The van der Waals surface area contributed by atoms with Crippen molar-refractivity contribution in [2.45, 2.75) is 13.3 Å². The Bertz CT molecular complexity index is 515. The first kappa shape index (κ1) is 9.71. The minimum absolute atomic E-state index is 0.0238. The number of benzene rings is 2. The van der Waals surface area contributed by atoms with E-state index in [4.69, 9.17) is 0 Å². The molecular weight excluding hydrogens is 188 g/mol. The van der Waals surface area contributed by atoms with Crippen LogP contribution < -0.4 is 0 Å². The molecule has 0 saturated heterocycles. The molecule has 0 fully saturated rings. The second kappa shape index (κ2) is 3.73. The maximum atomic E-state index is 11.7. The number of ketones is 1. The summed E-state index contributed by atoms with van der Waals surface area (Å²) < 4.78 is 0. The van der Waals surface area contributed by atoms with Crippen molar-refractivity contribution in [3.63, 3.8) is 0 Å². The van der Waals surface area contributed by atoms with Crippen molar-refractivity contribution in [3.05, 3.63) is 42.0 Å². The fourth-order valence-corrected chi connectivity index (χ4v) is 1.73. The van der Waals surface area contributed by atoms with Crippen LogP contribution in [0.3, 0.4) is 0 Å². The van der Waals surface area contributed by atoms with Crippen LogP contribution in [0.1, 0.15) is 23.7 Å². The molecule has 0 bridgehead atoms. The topological polar surface area (TPSA) is 37.3 Å². The second-order valence-corrected chi connectivity index (χ2v) is 3.46. The normalized spacial score (nSPS) is 10.5. The van der Waals surface area contributed by atoms with Gasteiger partial charge in [-0.15, -0.1) is 0 Å². The van der Waals surface area contributed by atoms with Gasteiger partial charge in [-0.3, -0.25) is 4.79 Å². The zero-order valence-electron chi connectivity index (χ0n) is 8.53.